The normalized spacial score (nSPS) is 14.9. The summed E-state index contributed by atoms with van der Waals surface area (Å²) >= 11 is 0. The van der Waals surface area contributed by atoms with Gasteiger partial charge in [0.15, 0.2) is 6.17 Å². The summed E-state index contributed by atoms with van der Waals surface area (Å²) in [6.07, 6.45) is -2.90. The van der Waals surface area contributed by atoms with Gasteiger partial charge in [0, 0.05) is 0 Å². The van der Waals surface area contributed by atoms with Gasteiger partial charge in [0.1, 0.15) is 6.10 Å². The van der Waals surface area contributed by atoms with Crippen LogP contribution in [-0.2, 0) is 11.3 Å². The molecule has 84 valence electrons. The quantitative estimate of drug-likeness (QED) is 0.739. The highest BCUT2D eigenvalue weighted by atomic mass is 19.1. The van der Waals surface area contributed by atoms with E-state index in [-0.39, 0.29) is 6.61 Å². The van der Waals surface area contributed by atoms with Crippen LogP contribution in [0.25, 0.3) is 0 Å². The summed E-state index contributed by atoms with van der Waals surface area (Å²) in [5.41, 5.74) is 0.947. The first kappa shape index (κ1) is 12.1. The van der Waals surface area contributed by atoms with Gasteiger partial charge in [-0.3, -0.25) is 0 Å². The Morgan fingerprint density at radius 1 is 1.27 bits per heavy atom. The molecule has 0 aliphatic heterocycles. The molecular formula is C11H15FO3. The smallest absolute Gasteiger partial charge is 0.151 e. The van der Waals surface area contributed by atoms with Crippen LogP contribution in [0.15, 0.2) is 30.3 Å². The Labute approximate surface area is 88.1 Å². The van der Waals surface area contributed by atoms with Crippen LogP contribution in [0.4, 0.5) is 4.39 Å². The van der Waals surface area contributed by atoms with E-state index in [1.165, 1.54) is 0 Å². The predicted octanol–water partition coefficient (Wildman–Crippen LogP) is 0.895. The maximum atomic E-state index is 13.0. The average molecular weight is 214 g/mol. The minimum atomic E-state index is -1.54. The monoisotopic (exact) mass is 214 g/mol. The number of hydrogen-bond acceptors (Lipinski definition) is 3. The Hall–Kier alpha value is -0.970. The van der Waals surface area contributed by atoms with Crippen molar-refractivity contribution in [1.29, 1.82) is 0 Å². The second-order valence-corrected chi connectivity index (χ2v) is 3.27. The van der Waals surface area contributed by atoms with Crippen molar-refractivity contribution in [2.45, 2.75) is 18.9 Å². The molecule has 0 spiro atoms. The van der Waals surface area contributed by atoms with Crippen LogP contribution >= 0.6 is 0 Å². The van der Waals surface area contributed by atoms with Gasteiger partial charge in [0.2, 0.25) is 0 Å². The second kappa shape index (κ2) is 6.50. The molecule has 0 saturated carbocycles. The summed E-state index contributed by atoms with van der Waals surface area (Å²) in [5.74, 6) is 0. The Morgan fingerprint density at radius 2 is 1.93 bits per heavy atom. The second-order valence-electron chi connectivity index (χ2n) is 3.27. The molecule has 0 saturated heterocycles. The van der Waals surface area contributed by atoms with Gasteiger partial charge >= 0.3 is 0 Å². The van der Waals surface area contributed by atoms with Crippen LogP contribution in [0.3, 0.4) is 0 Å². The molecule has 0 bridgehead atoms. The molecule has 15 heavy (non-hydrogen) atoms. The van der Waals surface area contributed by atoms with Crippen molar-refractivity contribution < 1.29 is 19.3 Å². The predicted molar refractivity (Wildman–Crippen MR) is 54.1 cm³/mol. The summed E-state index contributed by atoms with van der Waals surface area (Å²) in [6.45, 7) is -0.494. The van der Waals surface area contributed by atoms with Crippen LogP contribution in [0, 0.1) is 0 Å². The molecule has 4 heteroatoms. The minimum Gasteiger partial charge on any atom is -0.394 e. The maximum Gasteiger partial charge on any atom is 0.151 e. The topological polar surface area (TPSA) is 49.7 Å². The molecule has 0 aromatic heterocycles. The van der Waals surface area contributed by atoms with Crippen LogP contribution in [-0.4, -0.2) is 35.7 Å². The van der Waals surface area contributed by atoms with Gasteiger partial charge in [0.25, 0.3) is 0 Å². The highest BCUT2D eigenvalue weighted by molar-refractivity contribution is 5.13. The van der Waals surface area contributed by atoms with E-state index in [4.69, 9.17) is 14.9 Å². The summed E-state index contributed by atoms with van der Waals surface area (Å²) < 4.78 is 18.0. The van der Waals surface area contributed by atoms with E-state index in [9.17, 15) is 4.39 Å². The van der Waals surface area contributed by atoms with E-state index in [0.29, 0.717) is 6.61 Å². The van der Waals surface area contributed by atoms with E-state index in [1.54, 1.807) is 0 Å². The van der Waals surface area contributed by atoms with Gasteiger partial charge in [0.05, 0.1) is 19.8 Å². The Balaban J connectivity index is 2.22. The van der Waals surface area contributed by atoms with E-state index >= 15 is 0 Å². The van der Waals surface area contributed by atoms with Gasteiger partial charge in [-0.25, -0.2) is 4.39 Å². The highest BCUT2D eigenvalue weighted by Crippen LogP contribution is 2.04. The third kappa shape index (κ3) is 4.38. The average Bonchev–Trinajstić information content (AvgIpc) is 2.29. The number of halogens is 1. The number of rotatable bonds is 6. The Kier molecular flexibility index (Phi) is 5.25. The van der Waals surface area contributed by atoms with Crippen LogP contribution < -0.4 is 0 Å². The third-order valence-corrected chi connectivity index (χ3v) is 1.99. The van der Waals surface area contributed by atoms with E-state index in [1.807, 2.05) is 30.3 Å². The van der Waals surface area contributed by atoms with Crippen molar-refractivity contribution in [3.63, 3.8) is 0 Å². The number of aliphatic hydroxyl groups excluding tert-OH is 2. The lowest BCUT2D eigenvalue weighted by Crippen LogP contribution is -2.29. The minimum absolute atomic E-state index is 0.212. The van der Waals surface area contributed by atoms with Crippen molar-refractivity contribution in [2.24, 2.45) is 0 Å². The number of aliphatic hydroxyl groups is 2. The lowest BCUT2D eigenvalue weighted by atomic mass is 10.2. The lowest BCUT2D eigenvalue weighted by molar-refractivity contribution is -0.0214. The highest BCUT2D eigenvalue weighted by Gasteiger charge is 2.17. The van der Waals surface area contributed by atoms with Gasteiger partial charge in [-0.2, -0.15) is 0 Å². The van der Waals surface area contributed by atoms with Crippen LogP contribution in [0.2, 0.25) is 0 Å². The first-order valence-corrected chi connectivity index (χ1v) is 4.78. The van der Waals surface area contributed by atoms with Gasteiger partial charge in [-0.05, 0) is 5.56 Å². The molecule has 3 nitrogen and oxygen atoms in total. The Morgan fingerprint density at radius 3 is 2.53 bits per heavy atom. The molecule has 1 aromatic rings. The molecule has 2 atom stereocenters. The van der Waals surface area contributed by atoms with Gasteiger partial charge in [-0.1, -0.05) is 30.3 Å². The molecule has 1 rings (SSSR count). The van der Waals surface area contributed by atoms with Gasteiger partial charge < -0.3 is 14.9 Å². The van der Waals surface area contributed by atoms with Crippen molar-refractivity contribution in [2.75, 3.05) is 13.2 Å². The lowest BCUT2D eigenvalue weighted by Gasteiger charge is -2.13. The third-order valence-electron chi connectivity index (χ3n) is 1.99. The fourth-order valence-corrected chi connectivity index (χ4v) is 1.09. The van der Waals surface area contributed by atoms with E-state index in [2.05, 4.69) is 0 Å². The van der Waals surface area contributed by atoms with E-state index in [0.717, 1.165) is 5.56 Å². The molecule has 0 unspecified atom stereocenters. The number of benzene rings is 1. The first-order valence-electron chi connectivity index (χ1n) is 4.78. The molecule has 0 fully saturated rings. The largest absolute Gasteiger partial charge is 0.394 e. The molecule has 0 amide bonds. The fraction of sp³-hybridized carbons (Fsp3) is 0.455. The molecular weight excluding hydrogens is 199 g/mol. The van der Waals surface area contributed by atoms with Crippen LogP contribution in [0.1, 0.15) is 5.56 Å². The van der Waals surface area contributed by atoms with Crippen molar-refractivity contribution in [3.05, 3.63) is 35.9 Å². The zero-order valence-corrected chi connectivity index (χ0v) is 8.34. The zero-order chi connectivity index (χ0) is 11.1. The first-order chi connectivity index (χ1) is 7.24. The zero-order valence-electron chi connectivity index (χ0n) is 8.34. The standard InChI is InChI=1S/C11H15FO3/c12-10(11(14)6-13)8-15-7-9-4-2-1-3-5-9/h1-5,10-11,13-14H,6-8H2/t10-,11+/m1/s1. The maximum absolute atomic E-state index is 13.0. The number of ether oxygens (including phenoxy) is 1. The SMILES string of the molecule is OC[C@H](O)[C@H](F)COCc1ccccc1. The van der Waals surface area contributed by atoms with Crippen LogP contribution in [0.5, 0.6) is 0 Å². The molecule has 0 aliphatic carbocycles. The number of alkyl halides is 1. The van der Waals surface area contributed by atoms with Crippen molar-refractivity contribution >= 4 is 0 Å². The molecule has 2 N–H and O–H groups in total. The molecule has 0 aliphatic rings. The summed E-state index contributed by atoms with van der Waals surface area (Å²) in [7, 11) is 0. The van der Waals surface area contributed by atoms with E-state index < -0.39 is 18.9 Å². The van der Waals surface area contributed by atoms with Crippen molar-refractivity contribution in [1.82, 2.24) is 0 Å². The fourth-order valence-electron chi connectivity index (χ4n) is 1.09. The molecule has 0 heterocycles. The number of hydrogen-bond donors (Lipinski definition) is 2. The van der Waals surface area contributed by atoms with Gasteiger partial charge in [-0.15, -0.1) is 0 Å². The summed E-state index contributed by atoms with van der Waals surface area (Å²) in [5, 5.41) is 17.4. The molecule has 0 radical (unpaired) electrons. The van der Waals surface area contributed by atoms with Crippen molar-refractivity contribution in [3.8, 4) is 0 Å². The summed E-state index contributed by atoms with van der Waals surface area (Å²) in [4.78, 5) is 0. The Bertz CT molecular complexity index is 266. The summed E-state index contributed by atoms with van der Waals surface area (Å²) in [6, 6.07) is 9.37. The molecule has 1 aromatic carbocycles.